The Morgan fingerprint density at radius 2 is 2.28 bits per heavy atom. The van der Waals surface area contributed by atoms with E-state index in [-0.39, 0.29) is 6.10 Å². The normalized spacial score (nSPS) is 18.6. The number of ether oxygens (including phenoxy) is 2. The second-order valence-corrected chi connectivity index (χ2v) is 6.52. The average molecular weight is 337 g/mol. The minimum Gasteiger partial charge on any atom is -0.497 e. The Balaban J connectivity index is 1.53. The van der Waals surface area contributed by atoms with Gasteiger partial charge in [0.1, 0.15) is 5.75 Å². The highest BCUT2D eigenvalue weighted by molar-refractivity contribution is 5.85. The van der Waals surface area contributed by atoms with Crippen molar-refractivity contribution < 1.29 is 9.47 Å². The molecular formula is C20H23N3O2. The van der Waals surface area contributed by atoms with E-state index < -0.39 is 0 Å². The quantitative estimate of drug-likeness (QED) is 0.792. The summed E-state index contributed by atoms with van der Waals surface area (Å²) in [4.78, 5) is 10.2. The molecule has 4 rings (SSSR count). The van der Waals surface area contributed by atoms with Gasteiger partial charge in [-0.3, -0.25) is 9.88 Å². The van der Waals surface area contributed by atoms with Gasteiger partial charge in [-0.25, -0.2) is 0 Å². The van der Waals surface area contributed by atoms with Crippen LogP contribution in [-0.4, -0.2) is 41.7 Å². The molecule has 1 saturated heterocycles. The van der Waals surface area contributed by atoms with Crippen molar-refractivity contribution in [1.29, 1.82) is 0 Å². The number of aromatic nitrogens is 2. The van der Waals surface area contributed by atoms with E-state index in [1.165, 1.54) is 16.6 Å². The zero-order chi connectivity index (χ0) is 17.2. The largest absolute Gasteiger partial charge is 0.497 e. The standard InChI is InChI=1S/C20H23N3O2/c1-14-17-10-16(24-2)5-6-18(17)22-19(14)12-23-8-9-25-20(13-23)15-4-3-7-21-11-15/h3-7,10-11,20,22H,8-9,12-13H2,1-2H3. The smallest absolute Gasteiger partial charge is 0.119 e. The Labute approximate surface area is 147 Å². The summed E-state index contributed by atoms with van der Waals surface area (Å²) < 4.78 is 11.3. The fourth-order valence-corrected chi connectivity index (χ4v) is 3.48. The molecule has 0 saturated carbocycles. The van der Waals surface area contributed by atoms with Crippen molar-refractivity contribution in [3.05, 3.63) is 59.5 Å². The molecule has 1 aliphatic heterocycles. The van der Waals surface area contributed by atoms with Gasteiger partial charge < -0.3 is 14.5 Å². The van der Waals surface area contributed by atoms with Gasteiger partial charge in [0, 0.05) is 54.2 Å². The van der Waals surface area contributed by atoms with Crippen LogP contribution in [0.1, 0.15) is 22.9 Å². The molecule has 0 bridgehead atoms. The monoisotopic (exact) mass is 337 g/mol. The number of H-pyrrole nitrogens is 1. The first kappa shape index (κ1) is 16.1. The third-order valence-corrected chi connectivity index (χ3v) is 4.96. The highest BCUT2D eigenvalue weighted by Crippen LogP contribution is 2.28. The molecule has 1 aliphatic rings. The number of benzene rings is 1. The van der Waals surface area contributed by atoms with Gasteiger partial charge in [-0.2, -0.15) is 0 Å². The summed E-state index contributed by atoms with van der Waals surface area (Å²) in [5.41, 5.74) is 4.85. The number of hydrogen-bond donors (Lipinski definition) is 1. The summed E-state index contributed by atoms with van der Waals surface area (Å²) >= 11 is 0. The molecule has 0 aliphatic carbocycles. The number of methoxy groups -OCH3 is 1. The Hall–Kier alpha value is -2.37. The van der Waals surface area contributed by atoms with Crippen molar-refractivity contribution in [2.75, 3.05) is 26.8 Å². The molecule has 130 valence electrons. The van der Waals surface area contributed by atoms with Gasteiger partial charge in [0.15, 0.2) is 0 Å². The van der Waals surface area contributed by atoms with Gasteiger partial charge in [-0.1, -0.05) is 6.07 Å². The average Bonchev–Trinajstić information content (AvgIpc) is 2.98. The molecule has 1 unspecified atom stereocenters. The second kappa shape index (κ2) is 6.86. The molecule has 1 N–H and O–H groups in total. The number of fused-ring (bicyclic) bond motifs is 1. The maximum atomic E-state index is 5.94. The first-order chi connectivity index (χ1) is 12.2. The van der Waals surface area contributed by atoms with Crippen LogP contribution in [0.25, 0.3) is 10.9 Å². The zero-order valence-electron chi connectivity index (χ0n) is 14.7. The van der Waals surface area contributed by atoms with Gasteiger partial charge in [0.05, 0.1) is 19.8 Å². The van der Waals surface area contributed by atoms with Crippen LogP contribution in [0.3, 0.4) is 0 Å². The lowest BCUT2D eigenvalue weighted by Gasteiger charge is -2.32. The fourth-order valence-electron chi connectivity index (χ4n) is 3.48. The highest BCUT2D eigenvalue weighted by atomic mass is 16.5. The van der Waals surface area contributed by atoms with E-state index in [1.54, 1.807) is 13.3 Å². The van der Waals surface area contributed by atoms with E-state index >= 15 is 0 Å². The summed E-state index contributed by atoms with van der Waals surface area (Å²) in [7, 11) is 1.70. The van der Waals surface area contributed by atoms with Gasteiger partial charge in [-0.05, 0) is 36.8 Å². The first-order valence-electron chi connectivity index (χ1n) is 8.63. The third kappa shape index (κ3) is 3.25. The van der Waals surface area contributed by atoms with Crippen molar-refractivity contribution in [2.45, 2.75) is 19.6 Å². The molecule has 1 aromatic carbocycles. The summed E-state index contributed by atoms with van der Waals surface area (Å²) in [6.07, 6.45) is 3.79. The minimum atomic E-state index is 0.0900. The number of aromatic amines is 1. The molecule has 1 atom stereocenters. The van der Waals surface area contributed by atoms with Crippen LogP contribution in [-0.2, 0) is 11.3 Å². The molecule has 3 heterocycles. The van der Waals surface area contributed by atoms with Crippen molar-refractivity contribution in [2.24, 2.45) is 0 Å². The minimum absolute atomic E-state index is 0.0900. The lowest BCUT2D eigenvalue weighted by Crippen LogP contribution is -2.38. The molecule has 3 aromatic rings. The number of aryl methyl sites for hydroxylation is 1. The van der Waals surface area contributed by atoms with Crippen molar-refractivity contribution >= 4 is 10.9 Å². The molecule has 0 spiro atoms. The van der Waals surface area contributed by atoms with Crippen LogP contribution < -0.4 is 4.74 Å². The lowest BCUT2D eigenvalue weighted by atomic mass is 10.1. The van der Waals surface area contributed by atoms with E-state index in [4.69, 9.17) is 9.47 Å². The molecule has 5 heteroatoms. The summed E-state index contributed by atoms with van der Waals surface area (Å²) in [6, 6.07) is 10.2. The zero-order valence-corrected chi connectivity index (χ0v) is 14.7. The summed E-state index contributed by atoms with van der Waals surface area (Å²) in [5.74, 6) is 0.893. The summed E-state index contributed by atoms with van der Waals surface area (Å²) in [5, 5.41) is 1.23. The van der Waals surface area contributed by atoms with E-state index in [9.17, 15) is 0 Å². The molecule has 0 amide bonds. The Bertz CT molecular complexity index is 860. The van der Waals surface area contributed by atoms with Gasteiger partial charge >= 0.3 is 0 Å². The number of hydrogen-bond acceptors (Lipinski definition) is 4. The van der Waals surface area contributed by atoms with Crippen LogP contribution in [0, 0.1) is 6.92 Å². The molecule has 1 fully saturated rings. The predicted molar refractivity (Wildman–Crippen MR) is 97.8 cm³/mol. The molecule has 5 nitrogen and oxygen atoms in total. The topological polar surface area (TPSA) is 50.4 Å². The van der Waals surface area contributed by atoms with Crippen molar-refractivity contribution in [3.8, 4) is 5.75 Å². The van der Waals surface area contributed by atoms with Gasteiger partial charge in [0.25, 0.3) is 0 Å². The summed E-state index contributed by atoms with van der Waals surface area (Å²) in [6.45, 7) is 5.63. The lowest BCUT2D eigenvalue weighted by molar-refractivity contribution is -0.0334. The Morgan fingerprint density at radius 1 is 1.36 bits per heavy atom. The van der Waals surface area contributed by atoms with E-state index in [0.29, 0.717) is 0 Å². The fraction of sp³-hybridized carbons (Fsp3) is 0.350. The molecule has 25 heavy (non-hydrogen) atoms. The van der Waals surface area contributed by atoms with Crippen LogP contribution in [0.4, 0.5) is 0 Å². The molecule has 2 aromatic heterocycles. The first-order valence-corrected chi connectivity index (χ1v) is 8.63. The SMILES string of the molecule is COc1ccc2[nH]c(CN3CCOC(c4cccnc4)C3)c(C)c2c1. The molecular weight excluding hydrogens is 314 g/mol. The van der Waals surface area contributed by atoms with Gasteiger partial charge in [0.2, 0.25) is 0 Å². The number of pyridine rings is 1. The highest BCUT2D eigenvalue weighted by Gasteiger charge is 2.23. The maximum Gasteiger partial charge on any atom is 0.119 e. The second-order valence-electron chi connectivity index (χ2n) is 6.52. The van der Waals surface area contributed by atoms with Crippen LogP contribution in [0.15, 0.2) is 42.7 Å². The van der Waals surface area contributed by atoms with Gasteiger partial charge in [-0.15, -0.1) is 0 Å². The molecule has 0 radical (unpaired) electrons. The van der Waals surface area contributed by atoms with Crippen molar-refractivity contribution in [1.82, 2.24) is 14.9 Å². The Morgan fingerprint density at radius 3 is 3.08 bits per heavy atom. The predicted octanol–water partition coefficient (Wildman–Crippen LogP) is 3.45. The van der Waals surface area contributed by atoms with Crippen LogP contribution in [0.2, 0.25) is 0 Å². The van der Waals surface area contributed by atoms with E-state index in [2.05, 4.69) is 40.0 Å². The van der Waals surface area contributed by atoms with E-state index in [0.717, 1.165) is 43.1 Å². The van der Waals surface area contributed by atoms with Crippen LogP contribution >= 0.6 is 0 Å². The van der Waals surface area contributed by atoms with E-state index in [1.807, 2.05) is 18.3 Å². The number of rotatable bonds is 4. The number of morpholine rings is 1. The maximum absolute atomic E-state index is 5.94. The Kier molecular flexibility index (Phi) is 4.42. The number of nitrogens with zero attached hydrogens (tertiary/aromatic N) is 2. The van der Waals surface area contributed by atoms with Crippen molar-refractivity contribution in [3.63, 3.8) is 0 Å². The number of nitrogens with one attached hydrogen (secondary N) is 1. The van der Waals surface area contributed by atoms with Crippen LogP contribution in [0.5, 0.6) is 5.75 Å². The third-order valence-electron chi connectivity index (χ3n) is 4.96.